The zero-order chi connectivity index (χ0) is 18.3. The first-order chi connectivity index (χ1) is 12.5. The van der Waals surface area contributed by atoms with Crippen LogP contribution in [-0.4, -0.2) is 30.1 Å². The number of hydrogen-bond donors (Lipinski definition) is 1. The molecule has 0 amide bonds. The highest BCUT2D eigenvalue weighted by Crippen LogP contribution is 2.32. The van der Waals surface area contributed by atoms with E-state index in [9.17, 15) is 8.42 Å². The van der Waals surface area contributed by atoms with Crippen molar-refractivity contribution in [2.75, 3.05) is 7.11 Å². The number of benzene rings is 2. The minimum absolute atomic E-state index is 0.160. The monoisotopic (exact) mass is 386 g/mol. The normalized spacial score (nSPS) is 11.8. The Kier molecular flexibility index (Phi) is 3.98. The number of aromatic nitrogens is 3. The largest absolute Gasteiger partial charge is 0.496 e. The quantitative estimate of drug-likeness (QED) is 0.581. The number of rotatable bonds is 4. The van der Waals surface area contributed by atoms with Gasteiger partial charge in [-0.1, -0.05) is 53.8 Å². The van der Waals surface area contributed by atoms with Crippen molar-refractivity contribution in [3.05, 3.63) is 54.7 Å². The van der Waals surface area contributed by atoms with E-state index in [2.05, 4.69) is 10.1 Å². The average Bonchev–Trinajstić information content (AvgIpc) is 3.22. The van der Waals surface area contributed by atoms with Crippen molar-refractivity contribution in [2.24, 2.45) is 5.14 Å². The molecular weight excluding hydrogens is 372 g/mol. The first kappa shape index (κ1) is 16.7. The van der Waals surface area contributed by atoms with Crippen LogP contribution in [0.3, 0.4) is 0 Å². The van der Waals surface area contributed by atoms with Crippen LogP contribution in [0.25, 0.3) is 27.3 Å². The fourth-order valence-electron chi connectivity index (χ4n) is 2.69. The van der Waals surface area contributed by atoms with Gasteiger partial charge in [0.25, 0.3) is 10.0 Å². The smallest absolute Gasteiger partial charge is 0.267 e. The lowest BCUT2D eigenvalue weighted by molar-refractivity contribution is 0.416. The molecule has 132 valence electrons. The minimum atomic E-state index is -3.85. The van der Waals surface area contributed by atoms with E-state index in [1.54, 1.807) is 13.3 Å². The van der Waals surface area contributed by atoms with E-state index >= 15 is 0 Å². The van der Waals surface area contributed by atoms with Crippen LogP contribution in [0.4, 0.5) is 0 Å². The summed E-state index contributed by atoms with van der Waals surface area (Å²) in [5.74, 6) is 0.796. The number of para-hydroxylation sites is 1. The first-order valence-corrected chi connectivity index (χ1v) is 9.95. The van der Waals surface area contributed by atoms with Crippen LogP contribution in [0, 0.1) is 0 Å². The number of methoxy groups -OCH3 is 1. The SMILES string of the molecule is COc1ccccc1-c1ccc(-c2cnc3sc(S(N)(=O)=O)nn23)cc1. The highest BCUT2D eigenvalue weighted by molar-refractivity contribution is 7.91. The number of ether oxygens (including phenoxy) is 1. The minimum Gasteiger partial charge on any atom is -0.496 e. The number of nitrogens with two attached hydrogens (primary N) is 1. The summed E-state index contributed by atoms with van der Waals surface area (Å²) in [6.07, 6.45) is 1.66. The molecule has 0 aliphatic heterocycles. The number of sulfonamides is 1. The van der Waals surface area contributed by atoms with E-state index in [0.29, 0.717) is 10.7 Å². The maximum Gasteiger partial charge on any atom is 0.267 e. The fourth-order valence-corrected chi connectivity index (χ4v) is 4.18. The predicted molar refractivity (Wildman–Crippen MR) is 99.7 cm³/mol. The summed E-state index contributed by atoms with van der Waals surface area (Å²) in [6.45, 7) is 0. The second kappa shape index (κ2) is 6.20. The number of primary sulfonamides is 1. The van der Waals surface area contributed by atoms with E-state index in [-0.39, 0.29) is 4.34 Å². The van der Waals surface area contributed by atoms with Gasteiger partial charge in [0.1, 0.15) is 5.75 Å². The maximum absolute atomic E-state index is 11.5. The Morgan fingerprint density at radius 2 is 1.77 bits per heavy atom. The highest BCUT2D eigenvalue weighted by Gasteiger charge is 2.18. The summed E-state index contributed by atoms with van der Waals surface area (Å²) < 4.78 is 29.7. The van der Waals surface area contributed by atoms with Crippen LogP contribution in [0.1, 0.15) is 0 Å². The molecule has 0 saturated heterocycles. The van der Waals surface area contributed by atoms with Crippen LogP contribution in [-0.2, 0) is 10.0 Å². The molecular formula is C17H14N4O3S2. The van der Waals surface area contributed by atoms with Gasteiger partial charge in [-0.25, -0.2) is 23.1 Å². The van der Waals surface area contributed by atoms with E-state index in [4.69, 9.17) is 9.88 Å². The lowest BCUT2D eigenvalue weighted by atomic mass is 10.0. The van der Waals surface area contributed by atoms with Gasteiger partial charge in [-0.3, -0.25) is 0 Å². The molecule has 7 nitrogen and oxygen atoms in total. The van der Waals surface area contributed by atoms with Gasteiger partial charge in [-0.2, -0.15) is 0 Å². The molecule has 0 atom stereocenters. The predicted octanol–water partition coefficient (Wildman–Crippen LogP) is 2.78. The van der Waals surface area contributed by atoms with Gasteiger partial charge >= 0.3 is 0 Å². The molecule has 0 bridgehead atoms. The first-order valence-electron chi connectivity index (χ1n) is 7.58. The summed E-state index contributed by atoms with van der Waals surface area (Å²) >= 11 is 0.936. The molecule has 0 aliphatic carbocycles. The summed E-state index contributed by atoms with van der Waals surface area (Å²) in [4.78, 5) is 4.69. The Bertz CT molecular complexity index is 1190. The van der Waals surface area contributed by atoms with Gasteiger partial charge in [-0.15, -0.1) is 5.10 Å². The number of hydrogen-bond acceptors (Lipinski definition) is 6. The van der Waals surface area contributed by atoms with Crippen molar-refractivity contribution in [3.8, 4) is 28.1 Å². The lowest BCUT2D eigenvalue weighted by Gasteiger charge is -2.08. The zero-order valence-electron chi connectivity index (χ0n) is 13.7. The molecule has 0 fully saturated rings. The molecule has 2 aromatic carbocycles. The van der Waals surface area contributed by atoms with Crippen LogP contribution in [0.5, 0.6) is 5.75 Å². The van der Waals surface area contributed by atoms with Gasteiger partial charge in [0.15, 0.2) is 0 Å². The molecule has 9 heteroatoms. The van der Waals surface area contributed by atoms with Crippen LogP contribution < -0.4 is 9.88 Å². The summed E-state index contributed by atoms with van der Waals surface area (Å²) in [6, 6.07) is 15.6. The van der Waals surface area contributed by atoms with Crippen molar-refractivity contribution in [2.45, 2.75) is 4.34 Å². The topological polar surface area (TPSA) is 99.6 Å². The average molecular weight is 386 g/mol. The van der Waals surface area contributed by atoms with Crippen molar-refractivity contribution >= 4 is 26.3 Å². The van der Waals surface area contributed by atoms with Gasteiger partial charge in [0, 0.05) is 11.1 Å². The van der Waals surface area contributed by atoms with Gasteiger partial charge in [0.05, 0.1) is 19.0 Å². The molecule has 2 heterocycles. The van der Waals surface area contributed by atoms with E-state index in [1.165, 1.54) is 4.52 Å². The van der Waals surface area contributed by atoms with E-state index in [0.717, 1.165) is 33.8 Å². The van der Waals surface area contributed by atoms with Crippen molar-refractivity contribution in [3.63, 3.8) is 0 Å². The second-order valence-electron chi connectivity index (χ2n) is 5.53. The van der Waals surface area contributed by atoms with Crippen molar-refractivity contribution in [1.82, 2.24) is 14.6 Å². The third-order valence-corrected chi connectivity index (χ3v) is 6.14. The molecule has 0 aliphatic rings. The van der Waals surface area contributed by atoms with Crippen molar-refractivity contribution < 1.29 is 13.2 Å². The molecule has 0 saturated carbocycles. The van der Waals surface area contributed by atoms with E-state index < -0.39 is 10.0 Å². The third-order valence-electron chi connectivity index (χ3n) is 3.91. The summed E-state index contributed by atoms with van der Waals surface area (Å²) in [7, 11) is -2.21. The Balaban J connectivity index is 1.76. The molecule has 2 N–H and O–H groups in total. The lowest BCUT2D eigenvalue weighted by Crippen LogP contribution is -2.12. The Labute approximate surface area is 153 Å². The van der Waals surface area contributed by atoms with Crippen molar-refractivity contribution in [1.29, 1.82) is 0 Å². The molecule has 0 radical (unpaired) electrons. The Morgan fingerprint density at radius 1 is 1.08 bits per heavy atom. The standard InChI is InChI=1S/C17H14N4O3S2/c1-24-15-5-3-2-4-13(15)11-6-8-12(9-7-11)14-10-19-16-21(14)20-17(25-16)26(18,22)23/h2-10H,1H3,(H2,18,22,23). The van der Waals surface area contributed by atoms with Crippen LogP contribution in [0.15, 0.2) is 59.1 Å². The fraction of sp³-hybridized carbons (Fsp3) is 0.0588. The molecule has 2 aromatic heterocycles. The maximum atomic E-state index is 11.5. The summed E-state index contributed by atoms with van der Waals surface area (Å²) in [5, 5.41) is 9.22. The van der Waals surface area contributed by atoms with Gasteiger partial charge < -0.3 is 4.74 Å². The van der Waals surface area contributed by atoms with Crippen LogP contribution >= 0.6 is 11.3 Å². The Morgan fingerprint density at radius 3 is 2.46 bits per heavy atom. The van der Waals surface area contributed by atoms with E-state index in [1.807, 2.05) is 48.5 Å². The molecule has 4 rings (SSSR count). The van der Waals surface area contributed by atoms with Crippen LogP contribution in [0.2, 0.25) is 0 Å². The number of nitrogens with zero attached hydrogens (tertiary/aromatic N) is 3. The number of imidazole rings is 1. The molecule has 26 heavy (non-hydrogen) atoms. The Hall–Kier alpha value is -2.75. The summed E-state index contributed by atoms with van der Waals surface area (Å²) in [5.41, 5.74) is 3.56. The highest BCUT2D eigenvalue weighted by atomic mass is 32.2. The zero-order valence-corrected chi connectivity index (χ0v) is 15.3. The van der Waals surface area contributed by atoms with Gasteiger partial charge in [0.2, 0.25) is 9.30 Å². The third kappa shape index (κ3) is 2.85. The molecule has 0 unspecified atom stereocenters. The van der Waals surface area contributed by atoms with Gasteiger partial charge in [-0.05, 0) is 11.6 Å². The number of fused-ring (bicyclic) bond motifs is 1. The molecule has 4 aromatic rings. The molecule has 0 spiro atoms. The second-order valence-corrected chi connectivity index (χ2v) is 8.22.